The van der Waals surface area contributed by atoms with E-state index in [1.165, 1.54) is 0 Å². The number of carbonyl (C=O) groups is 2. The molecule has 0 spiro atoms. The molecule has 0 amide bonds. The van der Waals surface area contributed by atoms with Gasteiger partial charge in [0.15, 0.2) is 0 Å². The van der Waals surface area contributed by atoms with Gasteiger partial charge in [0.25, 0.3) is 0 Å². The van der Waals surface area contributed by atoms with Crippen LogP contribution in [0.3, 0.4) is 0 Å². The van der Waals surface area contributed by atoms with Crippen molar-refractivity contribution in [3.63, 3.8) is 0 Å². The smallest absolute Gasteiger partial charge is 0.309 e. The molecule has 0 aliphatic carbocycles. The van der Waals surface area contributed by atoms with Gasteiger partial charge in [0, 0.05) is 0 Å². The lowest BCUT2D eigenvalue weighted by Gasteiger charge is -2.10. The highest BCUT2D eigenvalue weighted by Crippen LogP contribution is 2.25. The van der Waals surface area contributed by atoms with Gasteiger partial charge in [-0.3, -0.25) is 9.59 Å². The van der Waals surface area contributed by atoms with Crippen molar-refractivity contribution >= 4 is 11.9 Å². The molecule has 0 N–H and O–H groups in total. The largest absolute Gasteiger partial charge is 0.493 e. The molecule has 0 saturated heterocycles. The number of benzene rings is 2. The van der Waals surface area contributed by atoms with Gasteiger partial charge in [-0.05, 0) is 62.4 Å². The van der Waals surface area contributed by atoms with E-state index in [4.69, 9.17) is 23.7 Å². The number of hydrogen-bond acceptors (Lipinski definition) is 7. The van der Waals surface area contributed by atoms with Crippen LogP contribution in [-0.2, 0) is 19.1 Å². The molecule has 29 heavy (non-hydrogen) atoms. The van der Waals surface area contributed by atoms with E-state index in [1.54, 1.807) is 62.4 Å². The van der Waals surface area contributed by atoms with E-state index in [1.807, 2.05) is 0 Å². The molecule has 0 atom stereocenters. The van der Waals surface area contributed by atoms with Crippen LogP contribution in [0.2, 0.25) is 0 Å². The first-order valence-electron chi connectivity index (χ1n) is 9.55. The molecule has 156 valence electrons. The minimum Gasteiger partial charge on any atom is -0.493 e. The molecule has 0 aliphatic rings. The van der Waals surface area contributed by atoms with E-state index in [2.05, 4.69) is 0 Å². The van der Waals surface area contributed by atoms with Crippen LogP contribution in [0.5, 0.6) is 23.0 Å². The minimum absolute atomic E-state index is 0.209. The Morgan fingerprint density at radius 3 is 1.31 bits per heavy atom. The second kappa shape index (κ2) is 12.3. The first-order valence-corrected chi connectivity index (χ1v) is 9.55. The van der Waals surface area contributed by atoms with Crippen molar-refractivity contribution < 1.29 is 33.3 Å². The molecule has 0 bridgehead atoms. The third kappa shape index (κ3) is 8.55. The molecular formula is C22H26O7. The Morgan fingerprint density at radius 1 is 0.621 bits per heavy atom. The molecule has 2 rings (SSSR count). The van der Waals surface area contributed by atoms with E-state index in [-0.39, 0.29) is 38.0 Å². The molecule has 0 aromatic heterocycles. The zero-order valence-electron chi connectivity index (χ0n) is 16.7. The average Bonchev–Trinajstić information content (AvgIpc) is 2.71. The predicted octanol–water partition coefficient (Wildman–Crippen LogP) is 4.14. The fourth-order valence-corrected chi connectivity index (χ4v) is 2.31. The van der Waals surface area contributed by atoms with E-state index in [0.717, 1.165) is 0 Å². The Labute approximate surface area is 170 Å². The molecule has 0 heterocycles. The highest BCUT2D eigenvalue weighted by molar-refractivity contribution is 5.69. The van der Waals surface area contributed by atoms with Crippen molar-refractivity contribution in [3.05, 3.63) is 48.5 Å². The molecular weight excluding hydrogens is 376 g/mol. The number of rotatable bonds is 12. The van der Waals surface area contributed by atoms with Crippen LogP contribution in [0, 0.1) is 0 Å². The second-order valence-corrected chi connectivity index (χ2v) is 5.85. The second-order valence-electron chi connectivity index (χ2n) is 5.85. The molecule has 0 fully saturated rings. The van der Waals surface area contributed by atoms with Gasteiger partial charge in [-0.2, -0.15) is 0 Å². The van der Waals surface area contributed by atoms with Crippen molar-refractivity contribution in [1.82, 2.24) is 0 Å². The van der Waals surface area contributed by atoms with Gasteiger partial charge in [-0.15, -0.1) is 0 Å². The van der Waals surface area contributed by atoms with Gasteiger partial charge in [0.05, 0.1) is 39.3 Å². The fourth-order valence-electron chi connectivity index (χ4n) is 2.31. The molecule has 7 heteroatoms. The summed E-state index contributed by atoms with van der Waals surface area (Å²) in [6.45, 7) is 4.79. The maximum absolute atomic E-state index is 11.3. The standard InChI is InChI=1S/C22H26O7/c1-3-25-21(23)13-15-27-17-5-9-19(10-6-17)29-20-11-7-18(8-12-20)28-16-14-22(24)26-4-2/h5-12H,3-4,13-16H2,1-2H3. The van der Waals surface area contributed by atoms with Crippen LogP contribution in [-0.4, -0.2) is 38.4 Å². The highest BCUT2D eigenvalue weighted by Gasteiger charge is 2.04. The zero-order chi connectivity index (χ0) is 20.9. The lowest BCUT2D eigenvalue weighted by molar-refractivity contribution is -0.144. The highest BCUT2D eigenvalue weighted by atomic mass is 16.5. The van der Waals surface area contributed by atoms with Crippen LogP contribution in [0.1, 0.15) is 26.7 Å². The van der Waals surface area contributed by atoms with Crippen molar-refractivity contribution in [2.75, 3.05) is 26.4 Å². The van der Waals surface area contributed by atoms with Crippen LogP contribution >= 0.6 is 0 Å². The summed E-state index contributed by atoms with van der Waals surface area (Å²) in [5, 5.41) is 0. The van der Waals surface area contributed by atoms with Crippen LogP contribution in [0.4, 0.5) is 0 Å². The third-order valence-corrected chi connectivity index (χ3v) is 3.64. The lowest BCUT2D eigenvalue weighted by Crippen LogP contribution is -2.09. The fraction of sp³-hybridized carbons (Fsp3) is 0.364. The topological polar surface area (TPSA) is 80.3 Å². The molecule has 2 aromatic carbocycles. The Morgan fingerprint density at radius 2 is 0.966 bits per heavy atom. The monoisotopic (exact) mass is 402 g/mol. The Balaban J connectivity index is 1.75. The van der Waals surface area contributed by atoms with Gasteiger partial charge in [-0.25, -0.2) is 0 Å². The lowest BCUT2D eigenvalue weighted by atomic mass is 10.3. The van der Waals surface area contributed by atoms with Crippen molar-refractivity contribution in [2.45, 2.75) is 26.7 Å². The van der Waals surface area contributed by atoms with E-state index in [0.29, 0.717) is 36.2 Å². The van der Waals surface area contributed by atoms with Crippen molar-refractivity contribution in [3.8, 4) is 23.0 Å². The maximum Gasteiger partial charge on any atom is 0.309 e. The van der Waals surface area contributed by atoms with Gasteiger partial charge in [0.2, 0.25) is 0 Å². The quantitative estimate of drug-likeness (QED) is 0.494. The van der Waals surface area contributed by atoms with Crippen molar-refractivity contribution in [1.29, 1.82) is 0 Å². The van der Waals surface area contributed by atoms with E-state index >= 15 is 0 Å². The Hall–Kier alpha value is -3.22. The third-order valence-electron chi connectivity index (χ3n) is 3.64. The van der Waals surface area contributed by atoms with Gasteiger partial charge in [-0.1, -0.05) is 0 Å². The van der Waals surface area contributed by atoms with E-state index < -0.39 is 0 Å². The van der Waals surface area contributed by atoms with E-state index in [9.17, 15) is 9.59 Å². The molecule has 0 radical (unpaired) electrons. The Kier molecular flexibility index (Phi) is 9.35. The molecule has 0 aliphatic heterocycles. The Bertz CT molecular complexity index is 688. The molecule has 0 unspecified atom stereocenters. The average molecular weight is 402 g/mol. The molecule has 2 aromatic rings. The van der Waals surface area contributed by atoms with Crippen LogP contribution in [0.25, 0.3) is 0 Å². The normalized spacial score (nSPS) is 10.1. The first kappa shape index (κ1) is 22.1. The molecule has 0 saturated carbocycles. The van der Waals surface area contributed by atoms with Crippen LogP contribution < -0.4 is 14.2 Å². The predicted molar refractivity (Wildman–Crippen MR) is 106 cm³/mol. The van der Waals surface area contributed by atoms with Gasteiger partial charge >= 0.3 is 11.9 Å². The first-order chi connectivity index (χ1) is 14.1. The SMILES string of the molecule is CCOC(=O)CCOc1ccc(Oc2ccc(OCCC(=O)OCC)cc2)cc1. The molecule has 7 nitrogen and oxygen atoms in total. The number of ether oxygens (including phenoxy) is 5. The minimum atomic E-state index is -0.277. The van der Waals surface area contributed by atoms with Gasteiger partial charge < -0.3 is 23.7 Å². The summed E-state index contributed by atoms with van der Waals surface area (Å²) in [7, 11) is 0. The summed E-state index contributed by atoms with van der Waals surface area (Å²) >= 11 is 0. The summed E-state index contributed by atoms with van der Waals surface area (Å²) in [4.78, 5) is 22.6. The summed E-state index contributed by atoms with van der Waals surface area (Å²) in [5.74, 6) is 2.04. The van der Waals surface area contributed by atoms with Crippen LogP contribution in [0.15, 0.2) is 48.5 Å². The summed E-state index contributed by atoms with van der Waals surface area (Å²) in [6, 6.07) is 14.2. The summed E-state index contributed by atoms with van der Waals surface area (Å²) < 4.78 is 26.5. The number of carbonyl (C=O) groups excluding carboxylic acids is 2. The maximum atomic E-state index is 11.3. The number of hydrogen-bond donors (Lipinski definition) is 0. The summed E-state index contributed by atoms with van der Waals surface area (Å²) in [5.41, 5.74) is 0. The van der Waals surface area contributed by atoms with Crippen molar-refractivity contribution in [2.24, 2.45) is 0 Å². The number of esters is 2. The zero-order valence-corrected chi connectivity index (χ0v) is 16.7. The van der Waals surface area contributed by atoms with Gasteiger partial charge in [0.1, 0.15) is 23.0 Å². The summed E-state index contributed by atoms with van der Waals surface area (Å²) in [6.07, 6.45) is 0.417.